The van der Waals surface area contributed by atoms with Crippen molar-refractivity contribution in [2.45, 2.75) is 19.3 Å². The van der Waals surface area contributed by atoms with Crippen LogP contribution in [0.15, 0.2) is 40.8 Å². The van der Waals surface area contributed by atoms with Crippen molar-refractivity contribution < 1.29 is 4.42 Å². The maximum absolute atomic E-state index is 5.87. The lowest BCUT2D eigenvalue weighted by Crippen LogP contribution is -2.14. The fourth-order valence-electron chi connectivity index (χ4n) is 1.91. The number of benzene rings is 1. The molecule has 0 fully saturated rings. The molecular weight excluding hydrogens is 234 g/mol. The van der Waals surface area contributed by atoms with Gasteiger partial charge in [-0.1, -0.05) is 23.7 Å². The van der Waals surface area contributed by atoms with Gasteiger partial charge in [-0.2, -0.15) is 0 Å². The van der Waals surface area contributed by atoms with Crippen molar-refractivity contribution in [2.24, 2.45) is 5.73 Å². The highest BCUT2D eigenvalue weighted by Crippen LogP contribution is 2.22. The molecule has 17 heavy (non-hydrogen) atoms. The van der Waals surface area contributed by atoms with E-state index in [1.165, 1.54) is 5.56 Å². The summed E-state index contributed by atoms with van der Waals surface area (Å²) in [6, 6.07) is 11.8. The summed E-state index contributed by atoms with van der Waals surface area (Å²) in [5.74, 6) is 2.19. The molecule has 0 aliphatic heterocycles. The first-order chi connectivity index (χ1) is 8.19. The molecule has 1 atom stereocenters. The molecule has 0 radical (unpaired) electrons. The van der Waals surface area contributed by atoms with Crippen molar-refractivity contribution in [1.82, 2.24) is 0 Å². The van der Waals surface area contributed by atoms with Crippen LogP contribution in [0.5, 0.6) is 0 Å². The van der Waals surface area contributed by atoms with Crippen LogP contribution in [0, 0.1) is 6.92 Å². The van der Waals surface area contributed by atoms with Crippen LogP contribution in [0.3, 0.4) is 0 Å². The van der Waals surface area contributed by atoms with Crippen LogP contribution in [0.2, 0.25) is 5.02 Å². The van der Waals surface area contributed by atoms with Gasteiger partial charge in [0, 0.05) is 17.4 Å². The van der Waals surface area contributed by atoms with Crippen molar-refractivity contribution in [3.63, 3.8) is 0 Å². The second-order valence-electron chi connectivity index (χ2n) is 4.20. The van der Waals surface area contributed by atoms with Gasteiger partial charge in [0.25, 0.3) is 0 Å². The van der Waals surface area contributed by atoms with Gasteiger partial charge in [-0.25, -0.2) is 0 Å². The van der Waals surface area contributed by atoms with E-state index >= 15 is 0 Å². The molecule has 0 spiro atoms. The van der Waals surface area contributed by atoms with E-state index in [-0.39, 0.29) is 5.92 Å². The molecule has 1 heterocycles. The minimum atomic E-state index is 0.276. The summed E-state index contributed by atoms with van der Waals surface area (Å²) in [4.78, 5) is 0. The van der Waals surface area contributed by atoms with Crippen molar-refractivity contribution in [3.8, 4) is 0 Å². The van der Waals surface area contributed by atoms with Crippen LogP contribution in [-0.4, -0.2) is 6.54 Å². The Balaban J connectivity index is 2.13. The van der Waals surface area contributed by atoms with Crippen LogP contribution >= 0.6 is 11.6 Å². The van der Waals surface area contributed by atoms with E-state index in [1.807, 2.05) is 43.3 Å². The first-order valence-electron chi connectivity index (χ1n) is 5.70. The SMILES string of the molecule is Cc1ccc(CC(CN)c2ccc(Cl)cc2)o1. The zero-order valence-corrected chi connectivity index (χ0v) is 10.6. The van der Waals surface area contributed by atoms with E-state index in [4.69, 9.17) is 21.8 Å². The Hall–Kier alpha value is -1.25. The molecule has 1 aromatic heterocycles. The third kappa shape index (κ3) is 3.11. The fraction of sp³-hybridized carbons (Fsp3) is 0.286. The summed E-state index contributed by atoms with van der Waals surface area (Å²) < 4.78 is 5.58. The number of rotatable bonds is 4. The lowest BCUT2D eigenvalue weighted by atomic mass is 9.95. The highest BCUT2D eigenvalue weighted by atomic mass is 35.5. The zero-order chi connectivity index (χ0) is 12.3. The van der Waals surface area contributed by atoms with Crippen LogP contribution in [-0.2, 0) is 6.42 Å². The number of nitrogens with two attached hydrogens (primary N) is 1. The molecule has 0 amide bonds. The average Bonchev–Trinajstić information content (AvgIpc) is 2.73. The highest BCUT2D eigenvalue weighted by molar-refractivity contribution is 6.30. The van der Waals surface area contributed by atoms with E-state index in [0.717, 1.165) is 23.0 Å². The number of hydrogen-bond donors (Lipinski definition) is 1. The summed E-state index contributed by atoms with van der Waals surface area (Å²) in [6.45, 7) is 2.55. The Bertz CT molecular complexity index is 475. The predicted octanol–water partition coefficient (Wildman–Crippen LogP) is 3.53. The molecule has 0 bridgehead atoms. The Morgan fingerprint density at radius 1 is 1.18 bits per heavy atom. The molecule has 1 aromatic carbocycles. The molecule has 0 saturated carbocycles. The van der Waals surface area contributed by atoms with Crippen molar-refractivity contribution in [3.05, 3.63) is 58.5 Å². The van der Waals surface area contributed by atoms with Crippen LogP contribution < -0.4 is 5.73 Å². The summed E-state index contributed by atoms with van der Waals surface area (Å²) in [5, 5.41) is 0.748. The third-order valence-electron chi connectivity index (χ3n) is 2.87. The second-order valence-corrected chi connectivity index (χ2v) is 4.64. The molecular formula is C14H16ClNO. The van der Waals surface area contributed by atoms with E-state index in [9.17, 15) is 0 Å². The van der Waals surface area contributed by atoms with Gasteiger partial charge >= 0.3 is 0 Å². The maximum atomic E-state index is 5.87. The van der Waals surface area contributed by atoms with E-state index in [1.54, 1.807) is 0 Å². The zero-order valence-electron chi connectivity index (χ0n) is 9.82. The van der Waals surface area contributed by atoms with Crippen LogP contribution in [0.4, 0.5) is 0 Å². The van der Waals surface area contributed by atoms with Gasteiger partial charge in [0.2, 0.25) is 0 Å². The first kappa shape index (κ1) is 12.2. The fourth-order valence-corrected chi connectivity index (χ4v) is 2.04. The lowest BCUT2D eigenvalue weighted by molar-refractivity contribution is 0.465. The average molecular weight is 250 g/mol. The minimum Gasteiger partial charge on any atom is -0.466 e. The maximum Gasteiger partial charge on any atom is 0.104 e. The quantitative estimate of drug-likeness (QED) is 0.900. The number of furan rings is 1. The molecule has 2 aromatic rings. The molecule has 2 N–H and O–H groups in total. The number of hydrogen-bond acceptors (Lipinski definition) is 2. The van der Waals surface area contributed by atoms with Gasteiger partial charge in [0.05, 0.1) is 0 Å². The van der Waals surface area contributed by atoms with Gasteiger partial charge < -0.3 is 10.2 Å². The van der Waals surface area contributed by atoms with Gasteiger partial charge in [-0.3, -0.25) is 0 Å². The molecule has 0 aliphatic rings. The van der Waals surface area contributed by atoms with Gasteiger partial charge in [-0.05, 0) is 43.3 Å². The molecule has 0 aliphatic carbocycles. The Labute approximate surface area is 106 Å². The second kappa shape index (κ2) is 5.39. The van der Waals surface area contributed by atoms with Gasteiger partial charge in [0.15, 0.2) is 0 Å². The highest BCUT2D eigenvalue weighted by Gasteiger charge is 2.12. The van der Waals surface area contributed by atoms with Gasteiger partial charge in [-0.15, -0.1) is 0 Å². The Morgan fingerprint density at radius 3 is 2.41 bits per heavy atom. The molecule has 0 saturated heterocycles. The lowest BCUT2D eigenvalue weighted by Gasteiger charge is -2.13. The van der Waals surface area contributed by atoms with Crippen molar-refractivity contribution in [2.75, 3.05) is 6.54 Å². The summed E-state index contributed by atoms with van der Waals surface area (Å²) in [6.07, 6.45) is 0.825. The molecule has 2 nitrogen and oxygen atoms in total. The molecule has 90 valence electrons. The Morgan fingerprint density at radius 2 is 1.88 bits per heavy atom. The summed E-state index contributed by atoms with van der Waals surface area (Å²) in [5.41, 5.74) is 7.02. The number of halogens is 1. The standard InChI is InChI=1S/C14H16ClNO/c1-10-2-7-14(17-10)8-12(9-16)11-3-5-13(15)6-4-11/h2-7,12H,8-9,16H2,1H3. The van der Waals surface area contributed by atoms with E-state index in [0.29, 0.717) is 6.54 Å². The van der Waals surface area contributed by atoms with Crippen LogP contribution in [0.1, 0.15) is 23.0 Å². The van der Waals surface area contributed by atoms with E-state index in [2.05, 4.69) is 0 Å². The third-order valence-corrected chi connectivity index (χ3v) is 3.12. The monoisotopic (exact) mass is 249 g/mol. The predicted molar refractivity (Wildman–Crippen MR) is 70.4 cm³/mol. The van der Waals surface area contributed by atoms with Crippen molar-refractivity contribution in [1.29, 1.82) is 0 Å². The smallest absolute Gasteiger partial charge is 0.104 e. The largest absolute Gasteiger partial charge is 0.466 e. The summed E-state index contributed by atoms with van der Waals surface area (Å²) in [7, 11) is 0. The van der Waals surface area contributed by atoms with E-state index < -0.39 is 0 Å². The molecule has 1 unspecified atom stereocenters. The van der Waals surface area contributed by atoms with Crippen LogP contribution in [0.25, 0.3) is 0 Å². The molecule has 3 heteroatoms. The molecule has 2 rings (SSSR count). The van der Waals surface area contributed by atoms with Crippen molar-refractivity contribution >= 4 is 11.6 Å². The minimum absolute atomic E-state index is 0.276. The summed E-state index contributed by atoms with van der Waals surface area (Å²) >= 11 is 5.87. The van der Waals surface area contributed by atoms with Gasteiger partial charge in [0.1, 0.15) is 11.5 Å². The topological polar surface area (TPSA) is 39.2 Å². The normalized spacial score (nSPS) is 12.6. The Kier molecular flexibility index (Phi) is 3.87. The first-order valence-corrected chi connectivity index (χ1v) is 6.07. The number of aryl methyl sites for hydroxylation is 1.